The predicted octanol–water partition coefficient (Wildman–Crippen LogP) is 8.70. The van der Waals surface area contributed by atoms with E-state index in [-0.39, 0.29) is 17.6 Å². The highest BCUT2D eigenvalue weighted by atomic mass is 19.2. The molecule has 1 unspecified atom stereocenters. The van der Waals surface area contributed by atoms with Gasteiger partial charge in [0.25, 0.3) is 0 Å². The molecule has 4 rings (SSSR count). The molecule has 33 heavy (non-hydrogen) atoms. The van der Waals surface area contributed by atoms with E-state index in [0.29, 0.717) is 12.2 Å². The van der Waals surface area contributed by atoms with Crippen LogP contribution in [0.25, 0.3) is 0 Å². The van der Waals surface area contributed by atoms with Crippen LogP contribution in [0.2, 0.25) is 0 Å². The van der Waals surface area contributed by atoms with Crippen molar-refractivity contribution in [1.82, 2.24) is 0 Å². The second kappa shape index (κ2) is 11.7. The summed E-state index contributed by atoms with van der Waals surface area (Å²) in [6, 6.07) is 1.59. The molecule has 2 nitrogen and oxygen atoms in total. The van der Waals surface area contributed by atoms with Crippen LogP contribution in [0, 0.1) is 36.3 Å². The largest absolute Gasteiger partial charge is 0.487 e. The zero-order valence-corrected chi connectivity index (χ0v) is 20.6. The molecule has 4 heteroatoms. The van der Waals surface area contributed by atoms with Crippen LogP contribution in [0.5, 0.6) is 11.5 Å². The fourth-order valence-electron chi connectivity index (χ4n) is 6.23. The van der Waals surface area contributed by atoms with Gasteiger partial charge in [0.2, 0.25) is 11.6 Å². The Morgan fingerprint density at radius 1 is 0.939 bits per heavy atom. The number of halogens is 2. The number of benzene rings is 1. The molecule has 0 N–H and O–H groups in total. The van der Waals surface area contributed by atoms with Gasteiger partial charge in [-0.3, -0.25) is 0 Å². The first-order valence-electron chi connectivity index (χ1n) is 13.5. The molecule has 184 valence electrons. The summed E-state index contributed by atoms with van der Waals surface area (Å²) in [6.45, 7) is 4.40. The maximum Gasteiger partial charge on any atom is 0.204 e. The molecule has 0 spiro atoms. The second-order valence-electron chi connectivity index (χ2n) is 10.8. The lowest BCUT2D eigenvalue weighted by atomic mass is 9.71. The first kappa shape index (κ1) is 24.5. The van der Waals surface area contributed by atoms with Gasteiger partial charge in [0.15, 0.2) is 11.5 Å². The summed E-state index contributed by atoms with van der Waals surface area (Å²) >= 11 is 0. The minimum Gasteiger partial charge on any atom is -0.487 e. The van der Waals surface area contributed by atoms with Gasteiger partial charge in [-0.1, -0.05) is 45.1 Å². The Balaban J connectivity index is 1.27. The molecule has 3 aliphatic carbocycles. The van der Waals surface area contributed by atoms with Crippen LogP contribution < -0.4 is 9.47 Å². The van der Waals surface area contributed by atoms with Gasteiger partial charge in [-0.2, -0.15) is 8.78 Å². The van der Waals surface area contributed by atoms with Gasteiger partial charge in [-0.15, -0.1) is 0 Å². The van der Waals surface area contributed by atoms with Gasteiger partial charge in [0.1, 0.15) is 6.61 Å². The van der Waals surface area contributed by atoms with Crippen LogP contribution in [0.3, 0.4) is 0 Å². The number of unbranched alkanes of at least 4 members (excludes halogenated alkanes) is 1. The molecule has 3 aliphatic rings. The lowest BCUT2D eigenvalue weighted by molar-refractivity contribution is 0.183. The van der Waals surface area contributed by atoms with E-state index in [0.717, 1.165) is 56.3 Å². The Labute approximate surface area is 199 Å². The molecule has 0 heterocycles. The van der Waals surface area contributed by atoms with Crippen LogP contribution in [-0.2, 0) is 0 Å². The maximum absolute atomic E-state index is 14.8. The van der Waals surface area contributed by atoms with E-state index in [1.54, 1.807) is 13.0 Å². The van der Waals surface area contributed by atoms with Crippen molar-refractivity contribution in [3.8, 4) is 11.5 Å². The van der Waals surface area contributed by atoms with E-state index in [2.05, 4.69) is 13.0 Å². The third-order valence-electron chi connectivity index (χ3n) is 8.38. The Bertz CT molecular complexity index is 804. The van der Waals surface area contributed by atoms with E-state index in [4.69, 9.17) is 9.47 Å². The van der Waals surface area contributed by atoms with Gasteiger partial charge < -0.3 is 9.47 Å². The Morgan fingerprint density at radius 2 is 1.70 bits per heavy atom. The molecular formula is C29H42F2O2. The summed E-state index contributed by atoms with van der Waals surface area (Å²) in [5, 5.41) is 0. The molecule has 0 aromatic heterocycles. The number of hydrogen-bond acceptors (Lipinski definition) is 2. The first-order valence-corrected chi connectivity index (χ1v) is 13.5. The Morgan fingerprint density at radius 3 is 2.36 bits per heavy atom. The third-order valence-corrected chi connectivity index (χ3v) is 8.38. The summed E-state index contributed by atoms with van der Waals surface area (Å²) in [6.07, 6.45) is 19.3. The van der Waals surface area contributed by atoms with Crippen LogP contribution in [0.4, 0.5) is 8.78 Å². The standard InChI is InChI=1S/C29H42F2O2/c1-3-4-7-21-10-14-23(15-11-21)24-16-12-22(13-17-24)19-32-29-20(2)18-26(27(30)28(29)31)33-25-8-5-6-9-25/h12,18,21,23-25H,3-11,13-17,19H2,1-2H3. The number of rotatable bonds is 9. The van der Waals surface area contributed by atoms with Crippen molar-refractivity contribution < 1.29 is 18.3 Å². The van der Waals surface area contributed by atoms with Crippen molar-refractivity contribution in [3.63, 3.8) is 0 Å². The van der Waals surface area contributed by atoms with E-state index >= 15 is 0 Å². The van der Waals surface area contributed by atoms with Crippen molar-refractivity contribution in [2.24, 2.45) is 17.8 Å². The molecule has 2 fully saturated rings. The molecule has 0 amide bonds. The Hall–Kier alpha value is -1.58. The fraction of sp³-hybridized carbons (Fsp3) is 0.724. The summed E-state index contributed by atoms with van der Waals surface area (Å²) in [7, 11) is 0. The van der Waals surface area contributed by atoms with Gasteiger partial charge in [-0.25, -0.2) is 0 Å². The molecule has 1 atom stereocenters. The van der Waals surface area contributed by atoms with Crippen molar-refractivity contribution >= 4 is 0 Å². The average Bonchev–Trinajstić information content (AvgIpc) is 3.35. The third kappa shape index (κ3) is 6.31. The van der Waals surface area contributed by atoms with E-state index in [1.165, 1.54) is 56.9 Å². The van der Waals surface area contributed by atoms with E-state index < -0.39 is 11.6 Å². The highest BCUT2D eigenvalue weighted by Gasteiger charge is 2.29. The summed E-state index contributed by atoms with van der Waals surface area (Å²) in [5.74, 6) is 0.810. The Kier molecular flexibility index (Phi) is 8.71. The fourth-order valence-corrected chi connectivity index (χ4v) is 6.23. The topological polar surface area (TPSA) is 18.5 Å². The number of allylic oxidation sites excluding steroid dienone is 1. The molecule has 0 saturated heterocycles. The molecule has 0 radical (unpaired) electrons. The average molecular weight is 461 g/mol. The van der Waals surface area contributed by atoms with Gasteiger partial charge >= 0.3 is 0 Å². The predicted molar refractivity (Wildman–Crippen MR) is 130 cm³/mol. The van der Waals surface area contributed by atoms with Crippen LogP contribution >= 0.6 is 0 Å². The smallest absolute Gasteiger partial charge is 0.204 e. The SMILES string of the molecule is CCCCC1CCC(C2CC=C(COc3c(C)cc(OC4CCCC4)c(F)c3F)CC2)CC1. The molecule has 1 aromatic rings. The molecule has 0 aliphatic heterocycles. The highest BCUT2D eigenvalue weighted by molar-refractivity contribution is 5.42. The van der Waals surface area contributed by atoms with Gasteiger partial charge in [0, 0.05) is 0 Å². The summed E-state index contributed by atoms with van der Waals surface area (Å²) in [5.41, 5.74) is 1.81. The van der Waals surface area contributed by atoms with Crippen LogP contribution in [0.1, 0.15) is 102 Å². The minimum atomic E-state index is -0.922. The van der Waals surface area contributed by atoms with Gasteiger partial charge in [0.05, 0.1) is 6.10 Å². The normalized spacial score (nSPS) is 26.3. The van der Waals surface area contributed by atoms with Crippen molar-refractivity contribution in [2.45, 2.75) is 110 Å². The van der Waals surface area contributed by atoms with Crippen molar-refractivity contribution in [2.75, 3.05) is 6.61 Å². The van der Waals surface area contributed by atoms with E-state index in [9.17, 15) is 8.78 Å². The van der Waals surface area contributed by atoms with Crippen LogP contribution in [-0.4, -0.2) is 12.7 Å². The number of hydrogen-bond donors (Lipinski definition) is 0. The summed E-state index contributed by atoms with van der Waals surface area (Å²) < 4.78 is 40.9. The molecule has 2 saturated carbocycles. The molecule has 1 aromatic carbocycles. The van der Waals surface area contributed by atoms with E-state index in [1.807, 2.05) is 0 Å². The monoisotopic (exact) mass is 460 g/mol. The quantitative estimate of drug-likeness (QED) is 0.343. The van der Waals surface area contributed by atoms with Gasteiger partial charge in [-0.05, 0) is 99.7 Å². The lowest BCUT2D eigenvalue weighted by Gasteiger charge is -2.35. The highest BCUT2D eigenvalue weighted by Crippen LogP contribution is 2.41. The first-order chi connectivity index (χ1) is 16.0. The zero-order valence-electron chi connectivity index (χ0n) is 20.6. The maximum atomic E-state index is 14.8. The zero-order chi connectivity index (χ0) is 23.2. The molecule has 0 bridgehead atoms. The summed E-state index contributed by atoms with van der Waals surface area (Å²) in [4.78, 5) is 0. The van der Waals surface area contributed by atoms with Crippen molar-refractivity contribution in [3.05, 3.63) is 34.9 Å². The number of aryl methyl sites for hydroxylation is 1. The second-order valence-corrected chi connectivity index (χ2v) is 10.8. The van der Waals surface area contributed by atoms with Crippen LogP contribution in [0.15, 0.2) is 17.7 Å². The number of ether oxygens (including phenoxy) is 2. The molecular weight excluding hydrogens is 418 g/mol. The van der Waals surface area contributed by atoms with Crippen molar-refractivity contribution in [1.29, 1.82) is 0 Å². The lowest BCUT2D eigenvalue weighted by Crippen LogP contribution is -2.24. The minimum absolute atomic E-state index is 0.00296.